The zero-order chi connectivity index (χ0) is 14.2. The van der Waals surface area contributed by atoms with Crippen molar-refractivity contribution in [2.75, 3.05) is 13.6 Å². The van der Waals surface area contributed by atoms with E-state index in [1.165, 1.54) is 24.9 Å². The highest BCUT2D eigenvalue weighted by Crippen LogP contribution is 2.31. The molecule has 1 aromatic carbocycles. The predicted octanol–water partition coefficient (Wildman–Crippen LogP) is 4.17. The molecule has 0 aliphatic carbocycles. The van der Waals surface area contributed by atoms with Gasteiger partial charge in [-0.3, -0.25) is 0 Å². The van der Waals surface area contributed by atoms with Gasteiger partial charge in [0.05, 0.1) is 0 Å². The Morgan fingerprint density at radius 2 is 1.89 bits per heavy atom. The molecule has 19 heavy (non-hydrogen) atoms. The lowest BCUT2D eigenvalue weighted by atomic mass is 9.80. The standard InChI is InChI=1S/C18H29N/c1-13(2)9-14-10-16(18(3,4)5)11-15-12-19(6)8-7-17(14)15/h10-11,13H,7-9,12H2,1-6H3. The molecular formula is C18H29N. The molecule has 2 rings (SSSR count). The van der Waals surface area contributed by atoms with Crippen molar-refractivity contribution >= 4 is 0 Å². The molecule has 0 atom stereocenters. The molecule has 0 saturated carbocycles. The highest BCUT2D eigenvalue weighted by Gasteiger charge is 2.22. The van der Waals surface area contributed by atoms with Gasteiger partial charge in [0.1, 0.15) is 0 Å². The first-order valence-electron chi connectivity index (χ1n) is 7.61. The lowest BCUT2D eigenvalue weighted by Crippen LogP contribution is -2.28. The highest BCUT2D eigenvalue weighted by atomic mass is 15.1. The Morgan fingerprint density at radius 3 is 2.47 bits per heavy atom. The summed E-state index contributed by atoms with van der Waals surface area (Å²) in [5.41, 5.74) is 6.55. The van der Waals surface area contributed by atoms with E-state index in [0.29, 0.717) is 0 Å². The number of likely N-dealkylation sites (N-methyl/N-ethyl adjacent to an activating group) is 1. The summed E-state index contributed by atoms with van der Waals surface area (Å²) < 4.78 is 0. The maximum atomic E-state index is 2.48. The first kappa shape index (κ1) is 14.6. The summed E-state index contributed by atoms with van der Waals surface area (Å²) in [6.07, 6.45) is 2.44. The van der Waals surface area contributed by atoms with Crippen LogP contribution in [0.25, 0.3) is 0 Å². The van der Waals surface area contributed by atoms with Crippen molar-refractivity contribution < 1.29 is 0 Å². The Bertz CT molecular complexity index is 451. The first-order valence-corrected chi connectivity index (χ1v) is 7.61. The second-order valence-electron chi connectivity index (χ2n) is 7.61. The van der Waals surface area contributed by atoms with Crippen molar-refractivity contribution in [3.05, 3.63) is 34.4 Å². The summed E-state index contributed by atoms with van der Waals surface area (Å²) >= 11 is 0. The minimum Gasteiger partial charge on any atom is -0.302 e. The maximum Gasteiger partial charge on any atom is 0.0233 e. The van der Waals surface area contributed by atoms with Crippen molar-refractivity contribution in [2.45, 2.75) is 59.4 Å². The van der Waals surface area contributed by atoms with E-state index in [1.807, 2.05) is 0 Å². The van der Waals surface area contributed by atoms with Crippen LogP contribution in [0.3, 0.4) is 0 Å². The minimum absolute atomic E-state index is 0.247. The average Bonchev–Trinajstić information content (AvgIpc) is 2.26. The number of rotatable bonds is 2. The fourth-order valence-corrected chi connectivity index (χ4v) is 2.99. The van der Waals surface area contributed by atoms with E-state index in [2.05, 4.69) is 58.7 Å². The van der Waals surface area contributed by atoms with Crippen LogP contribution in [0.2, 0.25) is 0 Å². The lowest BCUT2D eigenvalue weighted by molar-refractivity contribution is 0.311. The van der Waals surface area contributed by atoms with Crippen LogP contribution in [-0.2, 0) is 24.8 Å². The van der Waals surface area contributed by atoms with E-state index in [1.54, 1.807) is 16.7 Å². The second-order valence-corrected chi connectivity index (χ2v) is 7.61. The fourth-order valence-electron chi connectivity index (χ4n) is 2.99. The monoisotopic (exact) mass is 259 g/mol. The SMILES string of the molecule is CC(C)Cc1cc(C(C)(C)C)cc2c1CCN(C)C2. The van der Waals surface area contributed by atoms with Gasteiger partial charge in [-0.2, -0.15) is 0 Å². The van der Waals surface area contributed by atoms with Crippen LogP contribution in [0.4, 0.5) is 0 Å². The number of hydrogen-bond acceptors (Lipinski definition) is 1. The Kier molecular flexibility index (Phi) is 4.06. The molecule has 0 radical (unpaired) electrons. The van der Waals surface area contributed by atoms with Crippen LogP contribution >= 0.6 is 0 Å². The van der Waals surface area contributed by atoms with Gasteiger partial charge < -0.3 is 4.90 Å². The van der Waals surface area contributed by atoms with Gasteiger partial charge in [0.15, 0.2) is 0 Å². The highest BCUT2D eigenvalue weighted by molar-refractivity contribution is 5.43. The fraction of sp³-hybridized carbons (Fsp3) is 0.667. The molecule has 106 valence electrons. The summed E-state index contributed by atoms with van der Waals surface area (Å²) in [5, 5.41) is 0. The molecule has 0 aromatic heterocycles. The third-order valence-corrected chi connectivity index (χ3v) is 4.11. The zero-order valence-corrected chi connectivity index (χ0v) is 13.5. The Morgan fingerprint density at radius 1 is 1.21 bits per heavy atom. The van der Waals surface area contributed by atoms with Gasteiger partial charge >= 0.3 is 0 Å². The molecule has 0 saturated heterocycles. The van der Waals surface area contributed by atoms with Crippen LogP contribution in [0.5, 0.6) is 0 Å². The molecular weight excluding hydrogens is 230 g/mol. The van der Waals surface area contributed by atoms with Crippen LogP contribution < -0.4 is 0 Å². The Labute approximate surface area is 119 Å². The number of hydrogen-bond donors (Lipinski definition) is 0. The van der Waals surface area contributed by atoms with Crippen LogP contribution in [0.15, 0.2) is 12.1 Å². The number of benzene rings is 1. The third-order valence-electron chi connectivity index (χ3n) is 4.11. The molecule has 1 aliphatic heterocycles. The molecule has 1 heterocycles. The smallest absolute Gasteiger partial charge is 0.0233 e. The van der Waals surface area contributed by atoms with Gasteiger partial charge in [-0.25, -0.2) is 0 Å². The molecule has 1 nitrogen and oxygen atoms in total. The van der Waals surface area contributed by atoms with Gasteiger partial charge in [-0.05, 0) is 53.5 Å². The molecule has 1 heteroatoms. The van der Waals surface area contributed by atoms with E-state index in [4.69, 9.17) is 0 Å². The molecule has 0 bridgehead atoms. The summed E-state index contributed by atoms with van der Waals surface area (Å²) in [4.78, 5) is 2.44. The normalized spacial score (nSPS) is 16.8. The summed E-state index contributed by atoms with van der Waals surface area (Å²) in [5.74, 6) is 0.735. The largest absolute Gasteiger partial charge is 0.302 e. The maximum absolute atomic E-state index is 2.48. The first-order chi connectivity index (χ1) is 8.77. The molecule has 1 aromatic rings. The molecule has 0 spiro atoms. The second kappa shape index (κ2) is 5.28. The van der Waals surface area contributed by atoms with E-state index >= 15 is 0 Å². The van der Waals surface area contributed by atoms with Crippen molar-refractivity contribution in [1.29, 1.82) is 0 Å². The van der Waals surface area contributed by atoms with E-state index < -0.39 is 0 Å². The van der Waals surface area contributed by atoms with E-state index in [9.17, 15) is 0 Å². The minimum atomic E-state index is 0.247. The summed E-state index contributed by atoms with van der Waals surface area (Å²) in [7, 11) is 2.23. The van der Waals surface area contributed by atoms with Crippen molar-refractivity contribution in [3.8, 4) is 0 Å². The number of nitrogens with zero attached hydrogens (tertiary/aromatic N) is 1. The van der Waals surface area contributed by atoms with Gasteiger partial charge in [-0.1, -0.05) is 46.8 Å². The van der Waals surface area contributed by atoms with Crippen molar-refractivity contribution in [3.63, 3.8) is 0 Å². The van der Waals surface area contributed by atoms with Gasteiger partial charge in [0.25, 0.3) is 0 Å². The average molecular weight is 259 g/mol. The summed E-state index contributed by atoms with van der Waals surface area (Å²) in [6.45, 7) is 13.9. The lowest BCUT2D eigenvalue weighted by Gasteiger charge is -2.30. The quantitative estimate of drug-likeness (QED) is 0.770. The van der Waals surface area contributed by atoms with Crippen LogP contribution in [0, 0.1) is 5.92 Å². The molecule has 0 unspecified atom stereocenters. The van der Waals surface area contributed by atoms with Crippen molar-refractivity contribution in [2.24, 2.45) is 5.92 Å². The molecule has 0 amide bonds. The van der Waals surface area contributed by atoms with E-state index in [0.717, 1.165) is 12.5 Å². The number of fused-ring (bicyclic) bond motifs is 1. The Balaban J connectivity index is 2.48. The van der Waals surface area contributed by atoms with Gasteiger partial charge in [-0.15, -0.1) is 0 Å². The predicted molar refractivity (Wildman–Crippen MR) is 83.7 cm³/mol. The van der Waals surface area contributed by atoms with Gasteiger partial charge in [0.2, 0.25) is 0 Å². The van der Waals surface area contributed by atoms with Crippen LogP contribution in [0.1, 0.15) is 56.9 Å². The Hall–Kier alpha value is -0.820. The zero-order valence-electron chi connectivity index (χ0n) is 13.5. The van der Waals surface area contributed by atoms with Gasteiger partial charge in [0, 0.05) is 13.1 Å². The third kappa shape index (κ3) is 3.39. The molecule has 0 fully saturated rings. The summed E-state index contributed by atoms with van der Waals surface area (Å²) in [6, 6.07) is 4.93. The van der Waals surface area contributed by atoms with E-state index in [-0.39, 0.29) is 5.41 Å². The topological polar surface area (TPSA) is 3.24 Å². The van der Waals surface area contributed by atoms with Crippen LogP contribution in [-0.4, -0.2) is 18.5 Å². The van der Waals surface area contributed by atoms with Crippen molar-refractivity contribution in [1.82, 2.24) is 4.90 Å². The molecule has 1 aliphatic rings. The molecule has 0 N–H and O–H groups in total.